The number of carbonyl (C=O) groups is 1. The average Bonchev–Trinajstić information content (AvgIpc) is 3.42. The highest BCUT2D eigenvalue weighted by atomic mass is 16.5. The van der Waals surface area contributed by atoms with E-state index in [9.17, 15) is 4.79 Å². The maximum atomic E-state index is 13.1. The van der Waals surface area contributed by atoms with Gasteiger partial charge in [-0.3, -0.25) is 4.79 Å². The summed E-state index contributed by atoms with van der Waals surface area (Å²) in [5, 5.41) is 4.04. The number of aromatic nitrogens is 1. The van der Waals surface area contributed by atoms with Crippen molar-refractivity contribution in [2.45, 2.75) is 25.8 Å². The van der Waals surface area contributed by atoms with E-state index in [0.29, 0.717) is 23.0 Å². The molecule has 6 nitrogen and oxygen atoms in total. The minimum absolute atomic E-state index is 0.0728. The summed E-state index contributed by atoms with van der Waals surface area (Å²) in [5.41, 5.74) is 3.44. The van der Waals surface area contributed by atoms with Gasteiger partial charge in [-0.15, -0.1) is 0 Å². The first kappa shape index (κ1) is 19.1. The van der Waals surface area contributed by atoms with Crippen LogP contribution in [0.3, 0.4) is 0 Å². The molecule has 4 rings (SSSR count). The van der Waals surface area contributed by atoms with Crippen molar-refractivity contribution < 1.29 is 18.8 Å². The van der Waals surface area contributed by atoms with Crippen molar-refractivity contribution in [3.8, 4) is 22.8 Å². The van der Waals surface area contributed by atoms with Crippen LogP contribution >= 0.6 is 0 Å². The van der Waals surface area contributed by atoms with Crippen molar-refractivity contribution in [3.05, 3.63) is 65.4 Å². The number of ether oxygens (including phenoxy) is 2. The summed E-state index contributed by atoms with van der Waals surface area (Å²) < 4.78 is 16.1. The monoisotopic (exact) mass is 392 g/mol. The number of carbonyl (C=O) groups excluding carboxylic acids is 1. The van der Waals surface area contributed by atoms with Crippen molar-refractivity contribution in [2.75, 3.05) is 20.8 Å². The third-order valence-electron chi connectivity index (χ3n) is 5.34. The Labute approximate surface area is 170 Å². The Morgan fingerprint density at radius 3 is 2.69 bits per heavy atom. The van der Waals surface area contributed by atoms with Gasteiger partial charge in [0.15, 0.2) is 23.0 Å². The molecule has 0 aliphatic carbocycles. The van der Waals surface area contributed by atoms with Crippen LogP contribution in [-0.2, 0) is 0 Å². The Hall–Kier alpha value is -3.28. The van der Waals surface area contributed by atoms with Gasteiger partial charge in [0.2, 0.25) is 0 Å². The highest BCUT2D eigenvalue weighted by Gasteiger charge is 2.32. The van der Waals surface area contributed by atoms with Crippen LogP contribution in [0.1, 0.15) is 40.5 Å². The minimum Gasteiger partial charge on any atom is -0.493 e. The van der Waals surface area contributed by atoms with Gasteiger partial charge in [0.1, 0.15) is 0 Å². The third-order valence-corrected chi connectivity index (χ3v) is 5.34. The first-order chi connectivity index (χ1) is 14.1. The van der Waals surface area contributed by atoms with E-state index in [4.69, 9.17) is 14.0 Å². The minimum atomic E-state index is -0.107. The lowest BCUT2D eigenvalue weighted by atomic mass is 10.0. The molecule has 1 amide bonds. The molecular weight excluding hydrogens is 368 g/mol. The van der Waals surface area contributed by atoms with Crippen LogP contribution in [0, 0.1) is 6.92 Å². The number of hydrogen-bond donors (Lipinski definition) is 0. The molecule has 1 atom stereocenters. The molecular formula is C23H24N2O4. The second kappa shape index (κ2) is 7.99. The zero-order chi connectivity index (χ0) is 20.4. The fraction of sp³-hybridized carbons (Fsp3) is 0.304. The molecule has 6 heteroatoms. The van der Waals surface area contributed by atoms with Gasteiger partial charge in [-0.2, -0.15) is 0 Å². The van der Waals surface area contributed by atoms with E-state index < -0.39 is 0 Å². The number of methoxy groups -OCH3 is 2. The molecule has 2 aromatic carbocycles. The predicted octanol–water partition coefficient (Wildman–Crippen LogP) is 4.64. The van der Waals surface area contributed by atoms with Crippen LogP contribution in [0.5, 0.6) is 11.5 Å². The fourth-order valence-corrected chi connectivity index (χ4v) is 3.88. The number of aryl methyl sites for hydroxylation is 1. The van der Waals surface area contributed by atoms with Crippen LogP contribution in [0.15, 0.2) is 53.1 Å². The maximum Gasteiger partial charge on any atom is 0.276 e. The summed E-state index contributed by atoms with van der Waals surface area (Å²) in [6.45, 7) is 2.79. The summed E-state index contributed by atoms with van der Waals surface area (Å²) in [6.07, 6.45) is 1.93. The molecule has 0 bridgehead atoms. The standard InChI is InChI=1S/C23H24N2O4/c1-15-6-4-7-16(12-15)19-8-5-11-25(19)23(26)18-14-21(29-24-18)17-9-10-20(27-2)22(13-17)28-3/h4,6-7,9-10,12-14,19H,5,8,11H2,1-3H3. The summed E-state index contributed by atoms with van der Waals surface area (Å²) in [7, 11) is 3.17. The second-order valence-electron chi connectivity index (χ2n) is 7.22. The summed E-state index contributed by atoms with van der Waals surface area (Å²) in [6, 6.07) is 15.6. The summed E-state index contributed by atoms with van der Waals surface area (Å²) in [5.74, 6) is 1.63. The Balaban J connectivity index is 1.58. The summed E-state index contributed by atoms with van der Waals surface area (Å²) >= 11 is 0. The first-order valence-electron chi connectivity index (χ1n) is 9.67. The third kappa shape index (κ3) is 3.70. The van der Waals surface area contributed by atoms with E-state index >= 15 is 0 Å². The Kier molecular flexibility index (Phi) is 5.25. The molecule has 0 N–H and O–H groups in total. The number of hydrogen-bond acceptors (Lipinski definition) is 5. The zero-order valence-electron chi connectivity index (χ0n) is 16.8. The van der Waals surface area contributed by atoms with Crippen molar-refractivity contribution >= 4 is 5.91 Å². The highest BCUT2D eigenvalue weighted by molar-refractivity contribution is 5.93. The highest BCUT2D eigenvalue weighted by Crippen LogP contribution is 2.35. The van der Waals surface area contributed by atoms with Crippen LogP contribution in [0.25, 0.3) is 11.3 Å². The van der Waals surface area contributed by atoms with Gasteiger partial charge in [0.05, 0.1) is 20.3 Å². The van der Waals surface area contributed by atoms with Crippen LogP contribution in [0.4, 0.5) is 0 Å². The van der Waals surface area contributed by atoms with Gasteiger partial charge in [-0.1, -0.05) is 35.0 Å². The Morgan fingerprint density at radius 1 is 1.10 bits per heavy atom. The van der Waals surface area contributed by atoms with Crippen LogP contribution in [0.2, 0.25) is 0 Å². The van der Waals surface area contributed by atoms with Gasteiger partial charge in [-0.25, -0.2) is 0 Å². The normalized spacial score (nSPS) is 16.1. The van der Waals surface area contributed by atoms with Crippen molar-refractivity contribution in [1.29, 1.82) is 0 Å². The van der Waals surface area contributed by atoms with E-state index in [2.05, 4.69) is 30.3 Å². The quantitative estimate of drug-likeness (QED) is 0.633. The molecule has 1 aliphatic heterocycles. The van der Waals surface area contributed by atoms with Gasteiger partial charge < -0.3 is 18.9 Å². The molecule has 0 saturated carbocycles. The van der Waals surface area contributed by atoms with E-state index in [-0.39, 0.29) is 11.9 Å². The lowest BCUT2D eigenvalue weighted by Crippen LogP contribution is -2.30. The van der Waals surface area contributed by atoms with Crippen molar-refractivity contribution in [1.82, 2.24) is 10.1 Å². The van der Waals surface area contributed by atoms with Gasteiger partial charge in [0.25, 0.3) is 5.91 Å². The van der Waals surface area contributed by atoms with Crippen molar-refractivity contribution in [2.24, 2.45) is 0 Å². The molecule has 150 valence electrons. The maximum absolute atomic E-state index is 13.1. The molecule has 1 fully saturated rings. The smallest absolute Gasteiger partial charge is 0.276 e. The lowest BCUT2D eigenvalue weighted by molar-refractivity contribution is 0.0725. The topological polar surface area (TPSA) is 64.8 Å². The number of benzene rings is 2. The van der Waals surface area contributed by atoms with Crippen LogP contribution < -0.4 is 9.47 Å². The second-order valence-corrected chi connectivity index (χ2v) is 7.22. The summed E-state index contributed by atoms with van der Waals surface area (Å²) in [4.78, 5) is 15.0. The molecule has 1 aromatic heterocycles. The largest absolute Gasteiger partial charge is 0.493 e. The molecule has 0 radical (unpaired) electrons. The lowest BCUT2D eigenvalue weighted by Gasteiger charge is -2.24. The van der Waals surface area contributed by atoms with Crippen LogP contribution in [-0.4, -0.2) is 36.7 Å². The van der Waals surface area contributed by atoms with E-state index in [1.165, 1.54) is 11.1 Å². The number of rotatable bonds is 5. The zero-order valence-corrected chi connectivity index (χ0v) is 16.8. The molecule has 1 unspecified atom stereocenters. The van der Waals surface area contributed by atoms with Gasteiger partial charge in [-0.05, 0) is 43.5 Å². The molecule has 3 aromatic rings. The number of amides is 1. The van der Waals surface area contributed by atoms with Gasteiger partial charge >= 0.3 is 0 Å². The molecule has 2 heterocycles. The number of likely N-dealkylation sites (tertiary alicyclic amines) is 1. The van der Waals surface area contributed by atoms with E-state index in [1.807, 2.05) is 17.0 Å². The molecule has 0 spiro atoms. The molecule has 29 heavy (non-hydrogen) atoms. The van der Waals surface area contributed by atoms with Crippen molar-refractivity contribution in [3.63, 3.8) is 0 Å². The Bertz CT molecular complexity index is 1030. The van der Waals surface area contributed by atoms with E-state index in [0.717, 1.165) is 24.9 Å². The average molecular weight is 392 g/mol. The molecule has 1 saturated heterocycles. The Morgan fingerprint density at radius 2 is 1.93 bits per heavy atom. The first-order valence-corrected chi connectivity index (χ1v) is 9.67. The predicted molar refractivity (Wildman–Crippen MR) is 109 cm³/mol. The van der Waals surface area contributed by atoms with Gasteiger partial charge in [0, 0.05) is 18.2 Å². The molecule has 1 aliphatic rings. The SMILES string of the molecule is COc1ccc(-c2cc(C(=O)N3CCCC3c3cccc(C)c3)no2)cc1OC. The fourth-order valence-electron chi connectivity index (χ4n) is 3.88. The van der Waals surface area contributed by atoms with E-state index in [1.54, 1.807) is 32.4 Å². The number of nitrogens with zero attached hydrogens (tertiary/aromatic N) is 2.